The third-order valence-electron chi connectivity index (χ3n) is 3.21. The first-order chi connectivity index (χ1) is 10.9. The van der Waals surface area contributed by atoms with Gasteiger partial charge in [-0.1, -0.05) is 12.1 Å². The molecule has 0 saturated carbocycles. The molecule has 0 bridgehead atoms. The minimum atomic E-state index is -3.68. The number of thioether (sulfide) groups is 1. The first kappa shape index (κ1) is 17.8. The number of nitrogens with two attached hydrogens (primary N) is 1. The van der Waals surface area contributed by atoms with Crippen molar-refractivity contribution in [3.8, 4) is 5.75 Å². The van der Waals surface area contributed by atoms with Crippen molar-refractivity contribution in [3.05, 3.63) is 59.9 Å². The summed E-state index contributed by atoms with van der Waals surface area (Å²) in [7, 11) is -3.68. The number of ether oxygens (including phenoxy) is 1. The highest BCUT2D eigenvalue weighted by molar-refractivity contribution is 7.99. The molecule has 4 nitrogen and oxygen atoms in total. The molecular weight excluding hydrogens is 337 g/mol. The van der Waals surface area contributed by atoms with E-state index >= 15 is 0 Å². The highest BCUT2D eigenvalue weighted by Crippen LogP contribution is 2.28. The quantitative estimate of drug-likeness (QED) is 0.773. The van der Waals surface area contributed by atoms with Crippen LogP contribution in [0.1, 0.15) is 17.7 Å². The van der Waals surface area contributed by atoms with E-state index in [0.717, 1.165) is 11.3 Å². The fourth-order valence-corrected chi connectivity index (χ4v) is 3.34. The minimum Gasteiger partial charge on any atom is -0.493 e. The summed E-state index contributed by atoms with van der Waals surface area (Å²) in [5.41, 5.74) is 1.06. The average Bonchev–Trinajstić information content (AvgIpc) is 2.51. The second-order valence-corrected chi connectivity index (χ2v) is 7.94. The van der Waals surface area contributed by atoms with Crippen LogP contribution < -0.4 is 9.88 Å². The highest BCUT2D eigenvalue weighted by Gasteiger charge is 2.08. The van der Waals surface area contributed by atoms with Crippen molar-refractivity contribution in [1.29, 1.82) is 0 Å². The zero-order valence-electron chi connectivity index (χ0n) is 12.6. The van der Waals surface area contributed by atoms with E-state index in [4.69, 9.17) is 9.88 Å². The average molecular weight is 355 g/mol. The van der Waals surface area contributed by atoms with Crippen molar-refractivity contribution >= 4 is 21.8 Å². The van der Waals surface area contributed by atoms with E-state index < -0.39 is 10.0 Å². The fourth-order valence-electron chi connectivity index (χ4n) is 1.94. The van der Waals surface area contributed by atoms with E-state index in [-0.39, 0.29) is 16.0 Å². The smallest absolute Gasteiger partial charge is 0.238 e. The summed E-state index contributed by atoms with van der Waals surface area (Å²) in [5, 5.41) is 5.27. The van der Waals surface area contributed by atoms with Crippen molar-refractivity contribution in [2.24, 2.45) is 5.14 Å². The maximum atomic E-state index is 12.9. The molecule has 0 saturated heterocycles. The molecule has 0 aliphatic rings. The van der Waals surface area contributed by atoms with Crippen molar-refractivity contribution in [2.75, 3.05) is 12.4 Å². The van der Waals surface area contributed by atoms with Crippen LogP contribution in [0.15, 0.2) is 53.4 Å². The van der Waals surface area contributed by atoms with E-state index in [9.17, 15) is 12.8 Å². The van der Waals surface area contributed by atoms with Gasteiger partial charge in [-0.05, 0) is 48.9 Å². The van der Waals surface area contributed by atoms with Crippen molar-refractivity contribution in [1.82, 2.24) is 0 Å². The molecule has 0 fully saturated rings. The predicted octanol–water partition coefficient (Wildman–Crippen LogP) is 3.35. The molecule has 0 amide bonds. The molecule has 0 heterocycles. The van der Waals surface area contributed by atoms with Gasteiger partial charge in [0.15, 0.2) is 0 Å². The molecule has 0 aliphatic carbocycles. The third kappa shape index (κ3) is 5.53. The molecule has 23 heavy (non-hydrogen) atoms. The van der Waals surface area contributed by atoms with E-state index in [1.165, 1.54) is 24.3 Å². The van der Waals surface area contributed by atoms with Gasteiger partial charge in [0, 0.05) is 11.0 Å². The van der Waals surface area contributed by atoms with Gasteiger partial charge >= 0.3 is 0 Å². The number of sulfonamides is 1. The van der Waals surface area contributed by atoms with Gasteiger partial charge in [0.1, 0.15) is 11.6 Å². The summed E-state index contributed by atoms with van der Waals surface area (Å²) in [6.07, 6.45) is 0. The number of hydrogen-bond acceptors (Lipinski definition) is 4. The molecule has 124 valence electrons. The van der Waals surface area contributed by atoms with Gasteiger partial charge in [0.2, 0.25) is 10.0 Å². The lowest BCUT2D eigenvalue weighted by Crippen LogP contribution is -2.11. The molecular formula is C16H18FNO3S2. The first-order valence-corrected chi connectivity index (χ1v) is 9.58. The molecule has 2 aromatic rings. The minimum absolute atomic E-state index is 0.0594. The van der Waals surface area contributed by atoms with Crippen LogP contribution in [-0.4, -0.2) is 20.8 Å². The number of rotatable bonds is 7. The van der Waals surface area contributed by atoms with Crippen molar-refractivity contribution in [2.45, 2.75) is 17.1 Å². The maximum Gasteiger partial charge on any atom is 0.238 e. The van der Waals surface area contributed by atoms with Gasteiger partial charge in [0.25, 0.3) is 0 Å². The topological polar surface area (TPSA) is 69.4 Å². The van der Waals surface area contributed by atoms with Crippen LogP contribution in [-0.2, 0) is 10.0 Å². The van der Waals surface area contributed by atoms with E-state index in [1.807, 2.05) is 0 Å². The molecule has 1 atom stereocenters. The molecule has 1 unspecified atom stereocenters. The second kappa shape index (κ2) is 7.81. The predicted molar refractivity (Wildman–Crippen MR) is 90.6 cm³/mol. The Morgan fingerprint density at radius 1 is 1.13 bits per heavy atom. The molecule has 0 radical (unpaired) electrons. The second-order valence-electron chi connectivity index (χ2n) is 4.93. The Balaban J connectivity index is 1.78. The molecule has 2 rings (SSSR count). The lowest BCUT2D eigenvalue weighted by molar-refractivity contribution is 0.343. The Hall–Kier alpha value is -1.57. The monoisotopic (exact) mass is 355 g/mol. The highest BCUT2D eigenvalue weighted by atomic mass is 32.2. The molecule has 2 aromatic carbocycles. The number of hydrogen-bond donors (Lipinski definition) is 1. The summed E-state index contributed by atoms with van der Waals surface area (Å²) < 4.78 is 40.7. The first-order valence-electron chi connectivity index (χ1n) is 6.99. The molecule has 0 aliphatic heterocycles. The standard InChI is InChI=1S/C16H18FNO3S2/c1-12(13-2-4-14(17)5-3-13)22-11-10-21-15-6-8-16(9-7-15)23(18,19)20/h2-9,12H,10-11H2,1H3,(H2,18,19,20). The van der Waals surface area contributed by atoms with Crippen LogP contribution in [0.4, 0.5) is 4.39 Å². The van der Waals surface area contributed by atoms with E-state index in [0.29, 0.717) is 12.4 Å². The van der Waals surface area contributed by atoms with Crippen LogP contribution >= 0.6 is 11.8 Å². The Kier molecular flexibility index (Phi) is 6.04. The van der Waals surface area contributed by atoms with Crippen LogP contribution in [0.25, 0.3) is 0 Å². The van der Waals surface area contributed by atoms with Gasteiger partial charge < -0.3 is 4.74 Å². The van der Waals surface area contributed by atoms with Crippen molar-refractivity contribution in [3.63, 3.8) is 0 Å². The SMILES string of the molecule is CC(SCCOc1ccc(S(N)(=O)=O)cc1)c1ccc(F)cc1. The van der Waals surface area contributed by atoms with Gasteiger partial charge in [-0.25, -0.2) is 17.9 Å². The number of benzene rings is 2. The van der Waals surface area contributed by atoms with E-state index in [2.05, 4.69) is 6.92 Å². The largest absolute Gasteiger partial charge is 0.493 e. The summed E-state index contributed by atoms with van der Waals surface area (Å²) in [6.45, 7) is 2.55. The Labute approximate surface area is 139 Å². The Morgan fingerprint density at radius 2 is 1.74 bits per heavy atom. The van der Waals surface area contributed by atoms with Gasteiger partial charge in [0.05, 0.1) is 11.5 Å². The Bertz CT molecular complexity index is 731. The van der Waals surface area contributed by atoms with E-state index in [1.54, 1.807) is 36.0 Å². The maximum absolute atomic E-state index is 12.9. The van der Waals surface area contributed by atoms with Gasteiger partial charge in [-0.15, -0.1) is 0 Å². The van der Waals surface area contributed by atoms with Crippen LogP contribution in [0, 0.1) is 5.82 Å². The van der Waals surface area contributed by atoms with Crippen LogP contribution in [0.5, 0.6) is 5.75 Å². The fraction of sp³-hybridized carbons (Fsp3) is 0.250. The van der Waals surface area contributed by atoms with Crippen molar-refractivity contribution < 1.29 is 17.5 Å². The summed E-state index contributed by atoms with van der Waals surface area (Å²) in [6, 6.07) is 12.4. The van der Waals surface area contributed by atoms with Gasteiger partial charge in [-0.2, -0.15) is 11.8 Å². The molecule has 0 aromatic heterocycles. The lowest BCUT2D eigenvalue weighted by Gasteiger charge is -2.12. The number of halogens is 1. The summed E-state index contributed by atoms with van der Waals surface area (Å²) in [4.78, 5) is 0.0594. The summed E-state index contributed by atoms with van der Waals surface area (Å²) in [5.74, 6) is 1.11. The molecule has 0 spiro atoms. The lowest BCUT2D eigenvalue weighted by atomic mass is 10.2. The normalized spacial score (nSPS) is 12.8. The third-order valence-corrected chi connectivity index (χ3v) is 5.32. The summed E-state index contributed by atoms with van der Waals surface area (Å²) >= 11 is 1.70. The zero-order chi connectivity index (χ0) is 16.9. The van der Waals surface area contributed by atoms with Crippen LogP contribution in [0.3, 0.4) is 0 Å². The molecule has 2 N–H and O–H groups in total. The van der Waals surface area contributed by atoms with Gasteiger partial charge in [-0.3, -0.25) is 0 Å². The Morgan fingerprint density at radius 3 is 2.30 bits per heavy atom. The molecule has 7 heteroatoms. The zero-order valence-corrected chi connectivity index (χ0v) is 14.2. The van der Waals surface area contributed by atoms with Crippen LogP contribution in [0.2, 0.25) is 0 Å². The number of primary sulfonamides is 1.